The molecule has 9 nitrogen and oxygen atoms in total. The molecule has 5 rings (SSSR count). The van der Waals surface area contributed by atoms with Crippen LogP contribution < -0.4 is 5.32 Å². The zero-order chi connectivity index (χ0) is 21.8. The topological polar surface area (TPSA) is 100 Å². The molecule has 0 aliphatic carbocycles. The number of anilines is 1. The highest BCUT2D eigenvalue weighted by Crippen LogP contribution is 2.50. The van der Waals surface area contributed by atoms with Gasteiger partial charge in [-0.15, -0.1) is 0 Å². The van der Waals surface area contributed by atoms with Gasteiger partial charge in [-0.25, -0.2) is 19.3 Å². The molecule has 2 fully saturated rings. The quantitative estimate of drug-likeness (QED) is 0.402. The number of hydrogen-bond donors (Lipinski definition) is 1. The van der Waals surface area contributed by atoms with Crippen LogP contribution in [0.2, 0.25) is 0 Å². The number of ether oxygens (including phenoxy) is 3. The second-order valence-electron chi connectivity index (χ2n) is 7.82. The van der Waals surface area contributed by atoms with E-state index in [-0.39, 0.29) is 16.2 Å². The molecule has 2 aliphatic rings. The van der Waals surface area contributed by atoms with E-state index in [1.165, 1.54) is 12.7 Å². The van der Waals surface area contributed by atoms with Crippen molar-refractivity contribution in [1.29, 1.82) is 0 Å². The highest BCUT2D eigenvalue weighted by atomic mass is 127. The monoisotopic (exact) mass is 539 g/mol. The number of rotatable bonds is 4. The number of halogens is 2. The Morgan fingerprint density at radius 1 is 1.19 bits per heavy atom. The van der Waals surface area contributed by atoms with Crippen LogP contribution in [0.25, 0.3) is 11.2 Å². The summed E-state index contributed by atoms with van der Waals surface area (Å²) in [5, 5.41) is 2.75. The first-order chi connectivity index (χ1) is 14.8. The normalized spacial score (nSPS) is 29.2. The molecule has 1 amide bonds. The van der Waals surface area contributed by atoms with Crippen molar-refractivity contribution in [2.24, 2.45) is 0 Å². The van der Waals surface area contributed by atoms with Crippen molar-refractivity contribution in [2.45, 2.75) is 43.9 Å². The van der Waals surface area contributed by atoms with Gasteiger partial charge < -0.3 is 19.5 Å². The van der Waals surface area contributed by atoms with Gasteiger partial charge in [-0.3, -0.25) is 9.36 Å². The number of alkyl halides is 2. The fraction of sp³-hybridized carbons (Fsp3) is 0.400. The van der Waals surface area contributed by atoms with Gasteiger partial charge in [0.1, 0.15) is 12.4 Å². The van der Waals surface area contributed by atoms with E-state index in [1.54, 1.807) is 42.7 Å². The molecule has 1 N–H and O–H groups in total. The highest BCUT2D eigenvalue weighted by molar-refractivity contribution is 14.1. The Kier molecular flexibility index (Phi) is 4.95. The lowest BCUT2D eigenvalue weighted by molar-refractivity contribution is -0.245. The van der Waals surface area contributed by atoms with Crippen molar-refractivity contribution in [3.8, 4) is 0 Å². The first-order valence-corrected chi connectivity index (χ1v) is 11.2. The molecule has 11 heteroatoms. The van der Waals surface area contributed by atoms with Gasteiger partial charge in [0.15, 0.2) is 35.1 Å². The van der Waals surface area contributed by atoms with E-state index in [2.05, 4.69) is 20.3 Å². The van der Waals surface area contributed by atoms with E-state index in [0.717, 1.165) is 0 Å². The van der Waals surface area contributed by atoms with Gasteiger partial charge in [0, 0.05) is 5.56 Å². The number of nitrogens with one attached hydrogen (secondary N) is 1. The van der Waals surface area contributed by atoms with Crippen molar-refractivity contribution >= 4 is 45.5 Å². The average molecular weight is 539 g/mol. The molecule has 2 aromatic heterocycles. The maximum Gasteiger partial charge on any atom is 0.256 e. The van der Waals surface area contributed by atoms with Crippen molar-refractivity contribution in [3.63, 3.8) is 0 Å². The maximum absolute atomic E-state index is 15.5. The predicted molar refractivity (Wildman–Crippen MR) is 116 cm³/mol. The van der Waals surface area contributed by atoms with Crippen molar-refractivity contribution in [2.75, 3.05) is 9.74 Å². The van der Waals surface area contributed by atoms with Crippen LogP contribution in [0.1, 0.15) is 30.4 Å². The molecule has 162 valence electrons. The zero-order valence-electron chi connectivity index (χ0n) is 16.7. The summed E-state index contributed by atoms with van der Waals surface area (Å²) in [5.74, 6) is -3.04. The lowest BCUT2D eigenvalue weighted by atomic mass is 10.1. The summed E-state index contributed by atoms with van der Waals surface area (Å²) in [5.41, 5.74) is 1.22. The molecule has 0 bridgehead atoms. The smallest absolute Gasteiger partial charge is 0.256 e. The number of carbonyl (C=O) groups is 1. The van der Waals surface area contributed by atoms with Gasteiger partial charge in [-0.2, -0.15) is 0 Å². The summed E-state index contributed by atoms with van der Waals surface area (Å²) in [4.78, 5) is 25.3. The summed E-state index contributed by atoms with van der Waals surface area (Å²) in [6, 6.07) is 8.77. The molecular weight excluding hydrogens is 520 g/mol. The molecule has 2 saturated heterocycles. The SMILES string of the molecule is CC1(C)OC2[C@H](O1)[C@H](n1cnc3c(NC(=O)c4ccccc4)ncnc31)OC2(F)CI. The predicted octanol–water partition coefficient (Wildman–Crippen LogP) is 3.23. The number of imidazole rings is 1. The van der Waals surface area contributed by atoms with Crippen LogP contribution in [-0.2, 0) is 14.2 Å². The van der Waals surface area contributed by atoms with Crippen molar-refractivity contribution in [1.82, 2.24) is 19.5 Å². The number of fused-ring (bicyclic) bond motifs is 2. The average Bonchev–Trinajstić information content (AvgIpc) is 3.40. The van der Waals surface area contributed by atoms with Gasteiger partial charge in [-0.1, -0.05) is 40.8 Å². The summed E-state index contributed by atoms with van der Waals surface area (Å²) < 4.78 is 34.6. The van der Waals surface area contributed by atoms with Crippen molar-refractivity contribution in [3.05, 3.63) is 48.5 Å². The van der Waals surface area contributed by atoms with Crippen LogP contribution in [0, 0.1) is 0 Å². The number of benzene rings is 1. The molecule has 31 heavy (non-hydrogen) atoms. The van der Waals surface area contributed by atoms with E-state index in [9.17, 15) is 4.79 Å². The van der Waals surface area contributed by atoms with Crippen LogP contribution >= 0.6 is 22.6 Å². The second kappa shape index (κ2) is 7.43. The first-order valence-electron chi connectivity index (χ1n) is 9.63. The molecule has 1 aromatic carbocycles. The van der Waals surface area contributed by atoms with E-state index in [0.29, 0.717) is 16.7 Å². The molecule has 4 heterocycles. The van der Waals surface area contributed by atoms with Gasteiger partial charge in [0.25, 0.3) is 5.91 Å². The summed E-state index contributed by atoms with van der Waals surface area (Å²) in [6.07, 6.45) is 0.367. The minimum Gasteiger partial charge on any atom is -0.340 e. The van der Waals surface area contributed by atoms with E-state index < -0.39 is 30.1 Å². The van der Waals surface area contributed by atoms with Crippen molar-refractivity contribution < 1.29 is 23.4 Å². The Hall–Kier alpha value is -2.22. The second-order valence-corrected chi connectivity index (χ2v) is 8.58. The van der Waals surface area contributed by atoms with Crippen LogP contribution in [0.3, 0.4) is 0 Å². The summed E-state index contributed by atoms with van der Waals surface area (Å²) in [7, 11) is 0. The number of amides is 1. The number of aromatic nitrogens is 4. The molecule has 0 saturated carbocycles. The van der Waals surface area contributed by atoms with E-state index >= 15 is 4.39 Å². The lowest BCUT2D eigenvalue weighted by Gasteiger charge is -2.27. The van der Waals surface area contributed by atoms with E-state index in [4.69, 9.17) is 14.2 Å². The summed E-state index contributed by atoms with van der Waals surface area (Å²) in [6.45, 7) is 3.47. The molecule has 3 aromatic rings. The minimum atomic E-state index is -2.02. The van der Waals surface area contributed by atoms with Gasteiger partial charge in [-0.05, 0) is 26.0 Å². The number of carbonyl (C=O) groups excluding carboxylic acids is 1. The maximum atomic E-state index is 15.5. The Bertz CT molecular complexity index is 1140. The molecule has 2 aliphatic heterocycles. The first kappa shape index (κ1) is 20.7. The fourth-order valence-corrected chi connectivity index (χ4v) is 4.50. The number of nitrogens with zero attached hydrogens (tertiary/aromatic N) is 4. The Balaban J connectivity index is 1.50. The third-order valence-electron chi connectivity index (χ3n) is 5.23. The largest absolute Gasteiger partial charge is 0.340 e. The molecule has 2 unspecified atom stereocenters. The zero-order valence-corrected chi connectivity index (χ0v) is 18.8. The standard InChI is InChI=1S/C20H19FIN5O4/c1-19(2)29-13-14(30-19)20(21,8-22)31-18(13)27-10-25-12-15(23-9-24-16(12)27)26-17(28)11-6-4-3-5-7-11/h3-7,9-10,13-14,18H,8H2,1-2H3,(H,23,24,26,28)/t13-,14?,18+,20?/m0/s1. The van der Waals surface area contributed by atoms with E-state index in [1.807, 2.05) is 28.7 Å². The lowest BCUT2D eigenvalue weighted by Crippen LogP contribution is -2.40. The third-order valence-corrected chi connectivity index (χ3v) is 6.27. The van der Waals surface area contributed by atoms with Crippen LogP contribution in [0.5, 0.6) is 0 Å². The number of hydrogen-bond acceptors (Lipinski definition) is 7. The van der Waals surface area contributed by atoms with Gasteiger partial charge in [0.2, 0.25) is 5.85 Å². The summed E-state index contributed by atoms with van der Waals surface area (Å²) >= 11 is 1.93. The highest BCUT2D eigenvalue weighted by Gasteiger charge is 2.64. The Labute approximate surface area is 190 Å². The molecule has 0 spiro atoms. The third kappa shape index (κ3) is 3.49. The Morgan fingerprint density at radius 3 is 2.71 bits per heavy atom. The van der Waals surface area contributed by atoms with Gasteiger partial charge in [0.05, 0.1) is 10.8 Å². The fourth-order valence-electron chi connectivity index (χ4n) is 3.89. The van der Waals surface area contributed by atoms with Crippen LogP contribution in [-0.4, -0.2) is 53.7 Å². The molecular formula is C20H19FIN5O4. The van der Waals surface area contributed by atoms with Crippen LogP contribution in [0.4, 0.5) is 10.2 Å². The molecule has 4 atom stereocenters. The van der Waals surface area contributed by atoms with Crippen LogP contribution in [0.15, 0.2) is 43.0 Å². The van der Waals surface area contributed by atoms with Gasteiger partial charge >= 0.3 is 0 Å². The molecule has 0 radical (unpaired) electrons. The minimum absolute atomic E-state index is 0.0713. The Morgan fingerprint density at radius 2 is 1.97 bits per heavy atom.